The number of esters is 1. The SMILES string of the molecule is COC(=O)c1cc2cc(C[C@@H](C)N[C@H](C)c3ccccc3)ccc2[nH]1.Cl. The van der Waals surface area contributed by atoms with Gasteiger partial charge in [-0.3, -0.25) is 0 Å². The maximum atomic E-state index is 11.6. The zero-order valence-corrected chi connectivity index (χ0v) is 16.1. The van der Waals surface area contributed by atoms with Crippen LogP contribution in [0.25, 0.3) is 10.9 Å². The average molecular weight is 373 g/mol. The first-order valence-corrected chi connectivity index (χ1v) is 8.58. The number of aromatic nitrogens is 1. The molecule has 4 nitrogen and oxygen atoms in total. The predicted octanol–water partition coefficient (Wildman–Crippen LogP) is 4.66. The van der Waals surface area contributed by atoms with Gasteiger partial charge in [-0.25, -0.2) is 4.79 Å². The fourth-order valence-electron chi connectivity index (χ4n) is 3.21. The molecule has 26 heavy (non-hydrogen) atoms. The molecule has 0 aliphatic heterocycles. The van der Waals surface area contributed by atoms with Gasteiger partial charge in [0.25, 0.3) is 0 Å². The van der Waals surface area contributed by atoms with Crippen molar-refractivity contribution in [1.29, 1.82) is 0 Å². The molecule has 0 aliphatic rings. The summed E-state index contributed by atoms with van der Waals surface area (Å²) in [4.78, 5) is 14.7. The fraction of sp³-hybridized carbons (Fsp3) is 0.286. The molecule has 1 aromatic heterocycles. The molecule has 0 saturated heterocycles. The van der Waals surface area contributed by atoms with Gasteiger partial charge in [0.05, 0.1) is 7.11 Å². The molecule has 0 bridgehead atoms. The highest BCUT2D eigenvalue weighted by Crippen LogP contribution is 2.20. The van der Waals surface area contributed by atoms with E-state index in [-0.39, 0.29) is 18.4 Å². The maximum Gasteiger partial charge on any atom is 0.354 e. The molecule has 0 spiro atoms. The van der Waals surface area contributed by atoms with Crippen LogP contribution in [0, 0.1) is 0 Å². The summed E-state index contributed by atoms with van der Waals surface area (Å²) in [6.07, 6.45) is 0.922. The van der Waals surface area contributed by atoms with Crippen molar-refractivity contribution in [3.8, 4) is 0 Å². The lowest BCUT2D eigenvalue weighted by atomic mass is 10.0. The van der Waals surface area contributed by atoms with E-state index >= 15 is 0 Å². The summed E-state index contributed by atoms with van der Waals surface area (Å²) in [7, 11) is 1.39. The Bertz CT molecular complexity index is 861. The molecule has 1 heterocycles. The van der Waals surface area contributed by atoms with Gasteiger partial charge in [-0.15, -0.1) is 12.4 Å². The van der Waals surface area contributed by atoms with Gasteiger partial charge in [-0.2, -0.15) is 0 Å². The second-order valence-corrected chi connectivity index (χ2v) is 6.50. The van der Waals surface area contributed by atoms with Crippen LogP contribution >= 0.6 is 12.4 Å². The second kappa shape index (κ2) is 8.88. The Morgan fingerprint density at radius 1 is 1.12 bits per heavy atom. The second-order valence-electron chi connectivity index (χ2n) is 6.50. The van der Waals surface area contributed by atoms with Crippen LogP contribution in [0.4, 0.5) is 0 Å². The summed E-state index contributed by atoms with van der Waals surface area (Å²) in [5.74, 6) is -0.343. The number of hydrogen-bond acceptors (Lipinski definition) is 3. The van der Waals surface area contributed by atoms with E-state index in [4.69, 9.17) is 4.74 Å². The molecule has 5 heteroatoms. The van der Waals surface area contributed by atoms with Crippen LogP contribution in [0.3, 0.4) is 0 Å². The van der Waals surface area contributed by atoms with Gasteiger partial charge in [0, 0.05) is 23.0 Å². The fourth-order valence-corrected chi connectivity index (χ4v) is 3.21. The van der Waals surface area contributed by atoms with Crippen molar-refractivity contribution in [3.63, 3.8) is 0 Å². The van der Waals surface area contributed by atoms with Crippen molar-refractivity contribution in [1.82, 2.24) is 10.3 Å². The number of ether oxygens (including phenoxy) is 1. The molecule has 2 atom stereocenters. The number of methoxy groups -OCH3 is 1. The number of nitrogens with one attached hydrogen (secondary N) is 2. The van der Waals surface area contributed by atoms with Gasteiger partial charge in [0.1, 0.15) is 5.69 Å². The molecule has 0 amide bonds. The predicted molar refractivity (Wildman–Crippen MR) is 108 cm³/mol. The van der Waals surface area contributed by atoms with Crippen molar-refractivity contribution in [2.45, 2.75) is 32.4 Å². The van der Waals surface area contributed by atoms with E-state index in [0.29, 0.717) is 17.8 Å². The van der Waals surface area contributed by atoms with Crippen LogP contribution in [-0.2, 0) is 11.2 Å². The minimum absolute atomic E-state index is 0. The number of H-pyrrole nitrogens is 1. The summed E-state index contributed by atoms with van der Waals surface area (Å²) in [6, 6.07) is 19.2. The Morgan fingerprint density at radius 3 is 2.54 bits per heavy atom. The number of hydrogen-bond donors (Lipinski definition) is 2. The molecule has 0 radical (unpaired) electrons. The number of benzene rings is 2. The van der Waals surface area contributed by atoms with E-state index in [2.05, 4.69) is 60.5 Å². The van der Waals surface area contributed by atoms with E-state index in [1.807, 2.05) is 18.2 Å². The zero-order chi connectivity index (χ0) is 17.8. The lowest BCUT2D eigenvalue weighted by molar-refractivity contribution is 0.0595. The molecule has 2 N–H and O–H groups in total. The number of rotatable bonds is 6. The van der Waals surface area contributed by atoms with E-state index < -0.39 is 0 Å². The normalized spacial score (nSPS) is 13.0. The monoisotopic (exact) mass is 372 g/mol. The Kier molecular flexibility index (Phi) is 6.83. The summed E-state index contributed by atoms with van der Waals surface area (Å²) >= 11 is 0. The topological polar surface area (TPSA) is 54.1 Å². The third-order valence-electron chi connectivity index (χ3n) is 4.47. The summed E-state index contributed by atoms with van der Waals surface area (Å²) < 4.78 is 4.77. The van der Waals surface area contributed by atoms with Crippen LogP contribution in [0.15, 0.2) is 54.6 Å². The first kappa shape index (κ1) is 20.0. The van der Waals surface area contributed by atoms with Crippen molar-refractivity contribution in [2.75, 3.05) is 7.11 Å². The Balaban J connectivity index is 0.00000243. The van der Waals surface area contributed by atoms with E-state index in [1.165, 1.54) is 18.2 Å². The lowest BCUT2D eigenvalue weighted by Gasteiger charge is -2.20. The zero-order valence-electron chi connectivity index (χ0n) is 15.3. The molecule has 138 valence electrons. The minimum Gasteiger partial charge on any atom is -0.464 e. The molecule has 0 unspecified atom stereocenters. The highest BCUT2D eigenvalue weighted by molar-refractivity contribution is 5.94. The van der Waals surface area contributed by atoms with Crippen molar-refractivity contribution >= 4 is 29.3 Å². The van der Waals surface area contributed by atoms with Crippen LogP contribution in [0.2, 0.25) is 0 Å². The van der Waals surface area contributed by atoms with Crippen LogP contribution < -0.4 is 5.32 Å². The number of carbonyl (C=O) groups excluding carboxylic acids is 1. The largest absolute Gasteiger partial charge is 0.464 e. The van der Waals surface area contributed by atoms with Gasteiger partial charge in [0.15, 0.2) is 0 Å². The van der Waals surface area contributed by atoms with Gasteiger partial charge in [0.2, 0.25) is 0 Å². The van der Waals surface area contributed by atoms with E-state index in [9.17, 15) is 4.79 Å². The van der Waals surface area contributed by atoms with E-state index in [1.54, 1.807) is 0 Å². The molecule has 3 aromatic rings. The summed E-state index contributed by atoms with van der Waals surface area (Å²) in [5, 5.41) is 4.67. The quantitative estimate of drug-likeness (QED) is 0.619. The molecule has 0 fully saturated rings. The van der Waals surface area contributed by atoms with Crippen LogP contribution in [0.1, 0.15) is 41.5 Å². The molecular weight excluding hydrogens is 348 g/mol. The third-order valence-corrected chi connectivity index (χ3v) is 4.47. The Labute approximate surface area is 160 Å². The maximum absolute atomic E-state index is 11.6. The number of aromatic amines is 1. The lowest BCUT2D eigenvalue weighted by Crippen LogP contribution is -2.30. The Hall–Kier alpha value is -2.30. The minimum atomic E-state index is -0.343. The van der Waals surface area contributed by atoms with Gasteiger partial charge in [-0.05, 0) is 49.6 Å². The number of fused-ring (bicyclic) bond motifs is 1. The summed E-state index contributed by atoms with van der Waals surface area (Å²) in [5.41, 5.74) is 3.96. The van der Waals surface area contributed by atoms with Crippen LogP contribution in [-0.4, -0.2) is 24.1 Å². The first-order valence-electron chi connectivity index (χ1n) is 8.58. The number of halogens is 1. The smallest absolute Gasteiger partial charge is 0.354 e. The Morgan fingerprint density at radius 2 is 1.85 bits per heavy atom. The first-order chi connectivity index (χ1) is 12.1. The van der Waals surface area contributed by atoms with Gasteiger partial charge < -0.3 is 15.0 Å². The van der Waals surface area contributed by atoms with Crippen molar-refractivity contribution < 1.29 is 9.53 Å². The van der Waals surface area contributed by atoms with E-state index in [0.717, 1.165) is 17.3 Å². The number of carbonyl (C=O) groups is 1. The highest BCUT2D eigenvalue weighted by atomic mass is 35.5. The molecule has 2 aromatic carbocycles. The molecule has 3 rings (SSSR count). The summed E-state index contributed by atoms with van der Waals surface area (Å²) in [6.45, 7) is 4.38. The average Bonchev–Trinajstić information content (AvgIpc) is 3.05. The molecule has 0 saturated carbocycles. The third kappa shape index (κ3) is 4.65. The van der Waals surface area contributed by atoms with Crippen LogP contribution in [0.5, 0.6) is 0 Å². The standard InChI is InChI=1S/C21H24N2O2.ClH/c1-14(22-15(2)17-7-5-4-6-8-17)11-16-9-10-19-18(12-16)13-20(23-19)21(24)25-3;/h4-10,12-15,22-23H,11H2,1-3H3;1H/t14-,15-;/m1./s1. The molecular formula is C21H25ClN2O2. The van der Waals surface area contributed by atoms with Crippen molar-refractivity contribution in [2.24, 2.45) is 0 Å². The van der Waals surface area contributed by atoms with Gasteiger partial charge in [-0.1, -0.05) is 36.4 Å². The van der Waals surface area contributed by atoms with Gasteiger partial charge >= 0.3 is 5.97 Å². The van der Waals surface area contributed by atoms with Crippen molar-refractivity contribution in [3.05, 3.63) is 71.4 Å². The highest BCUT2D eigenvalue weighted by Gasteiger charge is 2.12. The molecule has 0 aliphatic carbocycles.